The lowest BCUT2D eigenvalue weighted by molar-refractivity contribution is -0.137. The Morgan fingerprint density at radius 3 is 2.19 bits per heavy atom. The van der Waals surface area contributed by atoms with Crippen LogP contribution in [-0.2, 0) is 4.79 Å². The summed E-state index contributed by atoms with van der Waals surface area (Å²) in [5.74, 6) is 0.575. The van der Waals surface area contributed by atoms with Crippen molar-refractivity contribution in [1.29, 1.82) is 0 Å². The Morgan fingerprint density at radius 2 is 1.81 bits per heavy atom. The summed E-state index contributed by atoms with van der Waals surface area (Å²) >= 11 is 0. The van der Waals surface area contributed by atoms with Gasteiger partial charge >= 0.3 is 0 Å². The zero-order valence-corrected chi connectivity index (χ0v) is 11.0. The first kappa shape index (κ1) is 13.5. The molecule has 1 saturated heterocycles. The van der Waals surface area contributed by atoms with E-state index in [1.807, 2.05) is 4.90 Å². The highest BCUT2D eigenvalue weighted by Gasteiger charge is 2.32. The number of nitrogens with two attached hydrogens (primary N) is 1. The normalized spacial score (nSPS) is 20.2. The molecule has 3 nitrogen and oxygen atoms in total. The maximum atomic E-state index is 12.2. The van der Waals surface area contributed by atoms with Crippen LogP contribution in [0.1, 0.15) is 46.5 Å². The van der Waals surface area contributed by atoms with E-state index in [-0.39, 0.29) is 11.3 Å². The second-order valence-electron chi connectivity index (χ2n) is 5.35. The highest BCUT2D eigenvalue weighted by molar-refractivity contribution is 5.78. The summed E-state index contributed by atoms with van der Waals surface area (Å²) in [4.78, 5) is 14.2. The summed E-state index contributed by atoms with van der Waals surface area (Å²) in [7, 11) is 0. The number of rotatable bonds is 4. The number of amides is 1. The third kappa shape index (κ3) is 2.97. The topological polar surface area (TPSA) is 46.3 Å². The van der Waals surface area contributed by atoms with Crippen LogP contribution in [-0.4, -0.2) is 30.4 Å². The molecular weight excluding hydrogens is 200 g/mol. The van der Waals surface area contributed by atoms with E-state index in [4.69, 9.17) is 5.73 Å². The van der Waals surface area contributed by atoms with E-state index in [0.29, 0.717) is 5.91 Å². The molecule has 94 valence electrons. The Bertz CT molecular complexity index is 228. The Morgan fingerprint density at radius 1 is 1.31 bits per heavy atom. The molecule has 1 aliphatic heterocycles. The predicted molar refractivity (Wildman–Crippen MR) is 67.0 cm³/mol. The fourth-order valence-corrected chi connectivity index (χ4v) is 2.37. The molecule has 0 bridgehead atoms. The molecule has 0 unspecified atom stereocenters. The number of hydrogen-bond acceptors (Lipinski definition) is 2. The molecule has 2 N–H and O–H groups in total. The van der Waals surface area contributed by atoms with Crippen molar-refractivity contribution in [1.82, 2.24) is 4.90 Å². The van der Waals surface area contributed by atoms with Gasteiger partial charge in [-0.3, -0.25) is 4.79 Å². The van der Waals surface area contributed by atoms with E-state index in [9.17, 15) is 4.79 Å². The van der Waals surface area contributed by atoms with E-state index in [2.05, 4.69) is 20.8 Å². The third-order valence-electron chi connectivity index (χ3n) is 4.11. The van der Waals surface area contributed by atoms with Gasteiger partial charge in [0.25, 0.3) is 0 Å². The Balaban J connectivity index is 2.50. The van der Waals surface area contributed by atoms with Gasteiger partial charge in [0.2, 0.25) is 5.91 Å². The zero-order valence-electron chi connectivity index (χ0n) is 11.0. The fraction of sp³-hybridized carbons (Fsp3) is 0.923. The van der Waals surface area contributed by atoms with Gasteiger partial charge in [-0.1, -0.05) is 20.8 Å². The average molecular weight is 226 g/mol. The number of nitrogens with zero attached hydrogens (tertiary/aromatic N) is 1. The van der Waals surface area contributed by atoms with Gasteiger partial charge in [-0.2, -0.15) is 0 Å². The van der Waals surface area contributed by atoms with Crippen molar-refractivity contribution >= 4 is 5.91 Å². The summed E-state index contributed by atoms with van der Waals surface area (Å²) < 4.78 is 0. The SMILES string of the molecule is CCC(CC)C(=O)N1CCC(C)(CN)CC1. The molecule has 0 aromatic rings. The van der Waals surface area contributed by atoms with Gasteiger partial charge in [0, 0.05) is 19.0 Å². The maximum Gasteiger partial charge on any atom is 0.225 e. The van der Waals surface area contributed by atoms with Gasteiger partial charge in [-0.15, -0.1) is 0 Å². The molecule has 1 fully saturated rings. The van der Waals surface area contributed by atoms with Gasteiger partial charge in [0.1, 0.15) is 0 Å². The fourth-order valence-electron chi connectivity index (χ4n) is 2.37. The van der Waals surface area contributed by atoms with Crippen molar-refractivity contribution in [2.45, 2.75) is 46.5 Å². The zero-order chi connectivity index (χ0) is 12.2. The monoisotopic (exact) mass is 226 g/mol. The van der Waals surface area contributed by atoms with Crippen LogP contribution < -0.4 is 5.73 Å². The van der Waals surface area contributed by atoms with Crippen LogP contribution in [0.5, 0.6) is 0 Å². The van der Waals surface area contributed by atoms with Crippen LogP contribution in [0.3, 0.4) is 0 Å². The van der Waals surface area contributed by atoms with Crippen molar-refractivity contribution in [2.75, 3.05) is 19.6 Å². The van der Waals surface area contributed by atoms with Gasteiger partial charge in [-0.05, 0) is 37.6 Å². The van der Waals surface area contributed by atoms with E-state index >= 15 is 0 Å². The minimum Gasteiger partial charge on any atom is -0.342 e. The molecule has 0 aromatic heterocycles. The predicted octanol–water partition coefficient (Wildman–Crippen LogP) is 2.01. The van der Waals surface area contributed by atoms with Crippen LogP contribution in [0, 0.1) is 11.3 Å². The molecule has 0 aromatic carbocycles. The van der Waals surface area contributed by atoms with Crippen molar-refractivity contribution in [2.24, 2.45) is 17.1 Å². The molecular formula is C13H26N2O. The number of likely N-dealkylation sites (tertiary alicyclic amines) is 1. The number of carbonyl (C=O) groups is 1. The highest BCUT2D eigenvalue weighted by Crippen LogP contribution is 2.30. The quantitative estimate of drug-likeness (QED) is 0.797. The largest absolute Gasteiger partial charge is 0.342 e. The van der Waals surface area contributed by atoms with Crippen molar-refractivity contribution in [3.63, 3.8) is 0 Å². The molecule has 0 saturated carbocycles. The second kappa shape index (κ2) is 5.67. The van der Waals surface area contributed by atoms with E-state index in [1.165, 1.54) is 0 Å². The lowest BCUT2D eigenvalue weighted by Gasteiger charge is -2.39. The smallest absolute Gasteiger partial charge is 0.225 e. The van der Waals surface area contributed by atoms with E-state index in [1.54, 1.807) is 0 Å². The van der Waals surface area contributed by atoms with Crippen LogP contribution in [0.25, 0.3) is 0 Å². The minimum absolute atomic E-state index is 0.224. The number of piperidine rings is 1. The van der Waals surface area contributed by atoms with Crippen LogP contribution in [0.4, 0.5) is 0 Å². The van der Waals surface area contributed by atoms with Gasteiger partial charge in [-0.25, -0.2) is 0 Å². The van der Waals surface area contributed by atoms with Crippen LogP contribution in [0.2, 0.25) is 0 Å². The summed E-state index contributed by atoms with van der Waals surface area (Å²) in [5.41, 5.74) is 6.02. The molecule has 3 heteroatoms. The minimum atomic E-state index is 0.224. The maximum absolute atomic E-state index is 12.2. The van der Waals surface area contributed by atoms with Crippen LogP contribution in [0.15, 0.2) is 0 Å². The number of carbonyl (C=O) groups excluding carboxylic acids is 1. The molecule has 1 heterocycles. The van der Waals surface area contributed by atoms with Crippen LogP contribution >= 0.6 is 0 Å². The Labute approximate surface area is 99.4 Å². The van der Waals surface area contributed by atoms with Gasteiger partial charge in [0.15, 0.2) is 0 Å². The van der Waals surface area contributed by atoms with Crippen molar-refractivity contribution < 1.29 is 4.79 Å². The summed E-state index contributed by atoms with van der Waals surface area (Å²) in [6, 6.07) is 0. The highest BCUT2D eigenvalue weighted by atomic mass is 16.2. The molecule has 0 radical (unpaired) electrons. The second-order valence-corrected chi connectivity index (χ2v) is 5.35. The molecule has 16 heavy (non-hydrogen) atoms. The molecule has 0 atom stereocenters. The van der Waals surface area contributed by atoms with Crippen molar-refractivity contribution in [3.8, 4) is 0 Å². The molecule has 1 amide bonds. The Kier molecular flexibility index (Phi) is 4.78. The summed E-state index contributed by atoms with van der Waals surface area (Å²) in [6.45, 7) is 8.94. The number of hydrogen-bond donors (Lipinski definition) is 1. The third-order valence-corrected chi connectivity index (χ3v) is 4.11. The molecule has 1 aliphatic rings. The lowest BCUT2D eigenvalue weighted by atomic mass is 9.80. The van der Waals surface area contributed by atoms with Gasteiger partial charge < -0.3 is 10.6 Å². The van der Waals surface area contributed by atoms with Crippen molar-refractivity contribution in [3.05, 3.63) is 0 Å². The molecule has 1 rings (SSSR count). The lowest BCUT2D eigenvalue weighted by Crippen LogP contribution is -2.46. The first-order chi connectivity index (χ1) is 7.56. The van der Waals surface area contributed by atoms with Gasteiger partial charge in [0.05, 0.1) is 0 Å². The van der Waals surface area contributed by atoms with E-state index < -0.39 is 0 Å². The average Bonchev–Trinajstić information content (AvgIpc) is 2.31. The summed E-state index contributed by atoms with van der Waals surface area (Å²) in [6.07, 6.45) is 4.02. The Hall–Kier alpha value is -0.570. The molecule has 0 spiro atoms. The molecule has 0 aliphatic carbocycles. The first-order valence-electron chi connectivity index (χ1n) is 6.55. The first-order valence-corrected chi connectivity index (χ1v) is 6.55. The van der Waals surface area contributed by atoms with E-state index in [0.717, 1.165) is 45.3 Å². The summed E-state index contributed by atoms with van der Waals surface area (Å²) in [5, 5.41) is 0. The standard InChI is InChI=1S/C13H26N2O/c1-4-11(5-2)12(16)15-8-6-13(3,10-14)7-9-15/h11H,4-10,14H2,1-3H3.